The highest BCUT2D eigenvalue weighted by atomic mass is 32.1. The maximum Gasteiger partial charge on any atom is 0.150 e. The summed E-state index contributed by atoms with van der Waals surface area (Å²) in [5.74, 6) is 6.24. The Morgan fingerprint density at radius 1 is 0.935 bits per heavy atom. The zero-order valence-electron chi connectivity index (χ0n) is 17.4. The number of isothiocyanates is 1. The Morgan fingerprint density at radius 3 is 2.45 bits per heavy atom. The van der Waals surface area contributed by atoms with Gasteiger partial charge in [0.25, 0.3) is 0 Å². The smallest absolute Gasteiger partial charge is 0.150 e. The summed E-state index contributed by atoms with van der Waals surface area (Å²) in [4.78, 5) is 3.74. The fourth-order valence-corrected chi connectivity index (χ4v) is 3.89. The molecule has 1 aliphatic rings. The van der Waals surface area contributed by atoms with Gasteiger partial charge < -0.3 is 0 Å². The van der Waals surface area contributed by atoms with Crippen LogP contribution in [0.5, 0.6) is 0 Å². The molecule has 0 bridgehead atoms. The van der Waals surface area contributed by atoms with Gasteiger partial charge in [0.05, 0.1) is 5.16 Å². The molecule has 1 nitrogen and oxygen atoms in total. The Kier molecular flexibility index (Phi) is 6.53. The SMILES string of the molecule is CCCc1ccc(C#CC2=Cc3ccc(-c4ccc(N=C=S)c(F)c4)cc3CC2)cc1. The van der Waals surface area contributed by atoms with Gasteiger partial charge in [-0.3, -0.25) is 0 Å². The van der Waals surface area contributed by atoms with Crippen LogP contribution in [-0.2, 0) is 12.8 Å². The minimum absolute atomic E-state index is 0.211. The van der Waals surface area contributed by atoms with E-state index in [1.807, 2.05) is 12.1 Å². The van der Waals surface area contributed by atoms with Crippen molar-refractivity contribution < 1.29 is 4.39 Å². The van der Waals surface area contributed by atoms with E-state index in [0.29, 0.717) is 0 Å². The summed E-state index contributed by atoms with van der Waals surface area (Å²) in [6.45, 7) is 2.19. The Bertz CT molecular complexity index is 1250. The molecule has 4 rings (SSSR count). The van der Waals surface area contributed by atoms with Crippen LogP contribution in [0.3, 0.4) is 0 Å². The van der Waals surface area contributed by atoms with Crippen LogP contribution in [0.4, 0.5) is 10.1 Å². The molecule has 0 aliphatic heterocycles. The second-order valence-corrected chi connectivity index (χ2v) is 7.83. The minimum Gasteiger partial charge on any atom is -0.205 e. The fourth-order valence-electron chi connectivity index (χ4n) is 3.79. The van der Waals surface area contributed by atoms with E-state index in [2.05, 4.69) is 83.6 Å². The van der Waals surface area contributed by atoms with Crippen molar-refractivity contribution in [3.8, 4) is 23.0 Å². The number of aryl methyl sites for hydroxylation is 2. The minimum atomic E-state index is -0.396. The van der Waals surface area contributed by atoms with Gasteiger partial charge >= 0.3 is 0 Å². The molecule has 0 unspecified atom stereocenters. The number of hydrogen-bond acceptors (Lipinski definition) is 2. The van der Waals surface area contributed by atoms with Crippen molar-refractivity contribution in [2.45, 2.75) is 32.6 Å². The van der Waals surface area contributed by atoms with Crippen molar-refractivity contribution in [1.29, 1.82) is 0 Å². The van der Waals surface area contributed by atoms with Gasteiger partial charge in [-0.15, -0.1) is 0 Å². The first-order valence-electron chi connectivity index (χ1n) is 10.5. The molecule has 1 aliphatic carbocycles. The zero-order valence-corrected chi connectivity index (χ0v) is 18.2. The highest BCUT2D eigenvalue weighted by Gasteiger charge is 2.12. The van der Waals surface area contributed by atoms with Crippen molar-refractivity contribution in [1.82, 2.24) is 0 Å². The van der Waals surface area contributed by atoms with E-state index >= 15 is 0 Å². The number of aliphatic imine (C=N–C) groups is 1. The Balaban J connectivity index is 1.54. The number of hydrogen-bond donors (Lipinski definition) is 0. The van der Waals surface area contributed by atoms with Gasteiger partial charge in [0.1, 0.15) is 11.5 Å². The third kappa shape index (κ3) is 5.06. The highest BCUT2D eigenvalue weighted by Crippen LogP contribution is 2.31. The van der Waals surface area contributed by atoms with E-state index in [1.54, 1.807) is 6.07 Å². The summed E-state index contributed by atoms with van der Waals surface area (Å²) >= 11 is 4.56. The molecule has 0 aromatic heterocycles. The molecular weight excluding hydrogens is 401 g/mol. The van der Waals surface area contributed by atoms with Gasteiger partial charge in [0.15, 0.2) is 0 Å². The van der Waals surface area contributed by atoms with Crippen LogP contribution in [0.2, 0.25) is 0 Å². The molecule has 0 saturated heterocycles. The maximum atomic E-state index is 14.2. The molecule has 3 aromatic carbocycles. The first kappa shape index (κ1) is 20.9. The number of fused-ring (bicyclic) bond motifs is 1. The van der Waals surface area contributed by atoms with Crippen molar-refractivity contribution in [2.75, 3.05) is 0 Å². The van der Waals surface area contributed by atoms with Crippen molar-refractivity contribution in [2.24, 2.45) is 4.99 Å². The predicted molar refractivity (Wildman–Crippen MR) is 130 cm³/mol. The van der Waals surface area contributed by atoms with Gasteiger partial charge in [-0.05, 0) is 89.6 Å². The predicted octanol–water partition coefficient (Wildman–Crippen LogP) is 7.56. The molecule has 0 amide bonds. The molecule has 0 saturated carbocycles. The van der Waals surface area contributed by atoms with Gasteiger partial charge in [0.2, 0.25) is 0 Å². The van der Waals surface area contributed by atoms with Crippen molar-refractivity contribution >= 4 is 29.1 Å². The van der Waals surface area contributed by atoms with Crippen LogP contribution in [-0.4, -0.2) is 5.16 Å². The summed E-state index contributed by atoms with van der Waals surface area (Å²) < 4.78 is 14.2. The quantitative estimate of drug-likeness (QED) is 0.240. The lowest BCUT2D eigenvalue weighted by Crippen LogP contribution is -1.99. The molecule has 0 radical (unpaired) electrons. The second-order valence-electron chi connectivity index (χ2n) is 7.65. The molecule has 0 spiro atoms. The van der Waals surface area contributed by atoms with Crippen molar-refractivity contribution in [3.05, 3.63) is 94.3 Å². The molecule has 152 valence electrons. The zero-order chi connectivity index (χ0) is 21.6. The molecular formula is C28H22FNS. The lowest BCUT2D eigenvalue weighted by Gasteiger charge is -2.15. The number of nitrogens with zero attached hydrogens (tertiary/aromatic N) is 1. The summed E-state index contributed by atoms with van der Waals surface area (Å²) in [5.41, 5.74) is 8.01. The van der Waals surface area contributed by atoms with E-state index < -0.39 is 5.82 Å². The summed E-state index contributed by atoms with van der Waals surface area (Å²) in [7, 11) is 0. The number of thiocarbonyl (C=S) groups is 1. The Labute approximate surface area is 188 Å². The number of rotatable bonds is 4. The standard InChI is InChI=1S/C28H22FNS/c1-2-3-20-4-6-21(7-5-20)8-9-22-10-11-24-17-25(13-12-23(24)16-22)26-14-15-28(30-19-31)27(29)18-26/h4-7,12-18H,2-3,10-11H2,1H3. The monoisotopic (exact) mass is 423 g/mol. The third-order valence-corrected chi connectivity index (χ3v) is 5.53. The van der Waals surface area contributed by atoms with Gasteiger partial charge in [0, 0.05) is 11.1 Å². The van der Waals surface area contributed by atoms with Gasteiger partial charge in [-0.2, -0.15) is 4.99 Å². The first-order chi connectivity index (χ1) is 15.2. The van der Waals surface area contributed by atoms with Gasteiger partial charge in [-0.1, -0.05) is 61.6 Å². The van der Waals surface area contributed by atoms with Crippen LogP contribution in [0.15, 0.2) is 71.2 Å². The summed E-state index contributed by atoms with van der Waals surface area (Å²) in [6, 6.07) is 19.8. The normalized spacial score (nSPS) is 12.1. The van der Waals surface area contributed by atoms with Crippen LogP contribution in [0, 0.1) is 17.7 Å². The Hall–Kier alpha value is -3.31. The van der Waals surface area contributed by atoms with E-state index in [0.717, 1.165) is 47.9 Å². The topological polar surface area (TPSA) is 12.4 Å². The molecule has 0 heterocycles. The van der Waals surface area contributed by atoms with E-state index in [1.165, 1.54) is 22.8 Å². The van der Waals surface area contributed by atoms with Crippen LogP contribution in [0.25, 0.3) is 17.2 Å². The van der Waals surface area contributed by atoms with Crippen molar-refractivity contribution in [3.63, 3.8) is 0 Å². The maximum absolute atomic E-state index is 14.2. The number of benzene rings is 3. The average molecular weight is 424 g/mol. The molecule has 31 heavy (non-hydrogen) atoms. The van der Waals surface area contributed by atoms with E-state index in [-0.39, 0.29) is 5.69 Å². The Morgan fingerprint density at radius 2 is 1.71 bits per heavy atom. The summed E-state index contributed by atoms with van der Waals surface area (Å²) in [6.07, 6.45) is 6.26. The van der Waals surface area contributed by atoms with E-state index in [4.69, 9.17) is 0 Å². The highest BCUT2D eigenvalue weighted by molar-refractivity contribution is 7.78. The fraction of sp³-hybridized carbons (Fsp3) is 0.179. The average Bonchev–Trinajstić information content (AvgIpc) is 2.80. The molecule has 3 aromatic rings. The number of allylic oxidation sites excluding steroid dienone is 1. The molecule has 0 fully saturated rings. The largest absolute Gasteiger partial charge is 0.205 e. The first-order valence-corrected chi connectivity index (χ1v) is 10.9. The molecule has 0 N–H and O–H groups in total. The van der Waals surface area contributed by atoms with Crippen LogP contribution in [0.1, 0.15) is 42.0 Å². The van der Waals surface area contributed by atoms with E-state index in [9.17, 15) is 4.39 Å². The van der Waals surface area contributed by atoms with Gasteiger partial charge in [-0.25, -0.2) is 4.39 Å². The lowest BCUT2D eigenvalue weighted by atomic mass is 9.89. The third-order valence-electron chi connectivity index (χ3n) is 5.44. The van der Waals surface area contributed by atoms with Crippen LogP contribution < -0.4 is 0 Å². The van der Waals surface area contributed by atoms with Crippen LogP contribution >= 0.6 is 12.2 Å². The molecule has 3 heteroatoms. The summed E-state index contributed by atoms with van der Waals surface area (Å²) in [5, 5.41) is 2.21. The number of halogens is 1. The molecule has 0 atom stereocenters. The second kappa shape index (κ2) is 9.67. The lowest BCUT2D eigenvalue weighted by molar-refractivity contribution is 0.630.